The number of rotatable bonds is 9. The Labute approximate surface area is 385 Å². The van der Waals surface area contributed by atoms with Crippen molar-refractivity contribution in [1.29, 1.82) is 0 Å². The molecule has 0 saturated carbocycles. The summed E-state index contributed by atoms with van der Waals surface area (Å²) in [6.45, 7) is 0. The van der Waals surface area contributed by atoms with Gasteiger partial charge in [-0.15, -0.1) is 0 Å². The summed E-state index contributed by atoms with van der Waals surface area (Å²) >= 11 is 0. The van der Waals surface area contributed by atoms with Gasteiger partial charge in [0, 0.05) is 68.7 Å². The molecule has 2 radical (unpaired) electrons. The molecule has 0 spiro atoms. The zero-order chi connectivity index (χ0) is 48.0. The minimum absolute atomic E-state index is 0. The normalized spacial score (nSPS) is 12.1. The van der Waals surface area contributed by atoms with Crippen LogP contribution in [0.5, 0.6) is 0 Å². The Kier molecular flexibility index (Phi) is 17.0. The smallest absolute Gasteiger partial charge is 0.744 e. The third-order valence-electron chi connectivity index (χ3n) is 7.96. The van der Waals surface area contributed by atoms with Crippen molar-refractivity contribution in [2.24, 2.45) is 0 Å². The van der Waals surface area contributed by atoms with Gasteiger partial charge in [-0.25, -0.2) is 50.5 Å². The number of nitrogens with zero attached hydrogens (tertiary/aromatic N) is 3. The minimum Gasteiger partial charge on any atom is -0.744 e. The Balaban J connectivity index is 0.000000330. The van der Waals surface area contributed by atoms with Gasteiger partial charge in [0.15, 0.2) is 0 Å². The first-order chi connectivity index (χ1) is 28.5. The van der Waals surface area contributed by atoms with Crippen LogP contribution >= 0.6 is 0 Å². The van der Waals surface area contributed by atoms with E-state index in [1.807, 2.05) is 0 Å². The van der Waals surface area contributed by atoms with Crippen LogP contribution in [-0.4, -0.2) is 92.6 Å². The topological polar surface area (TPSA) is 473 Å². The molecule has 6 aromatic rings. The predicted molar refractivity (Wildman–Crippen MR) is 200 cm³/mol. The number of nitro benzene ring substituents is 3. The molecule has 0 atom stereocenters. The van der Waals surface area contributed by atoms with Gasteiger partial charge in [-0.2, -0.15) is 0 Å². The van der Waals surface area contributed by atoms with Gasteiger partial charge in [-0.05, 0) is 18.2 Å². The van der Waals surface area contributed by atoms with Gasteiger partial charge in [-0.3, -0.25) is 30.3 Å². The Morgan fingerprint density at radius 1 is 0.292 bits per heavy atom. The van der Waals surface area contributed by atoms with E-state index in [1.165, 1.54) is 0 Å². The number of non-ortho nitro benzene ring substituents is 3. The molecule has 65 heavy (non-hydrogen) atoms. The second kappa shape index (κ2) is 19.7. The monoisotopic (exact) mass is 1100 g/mol. The van der Waals surface area contributed by atoms with Crippen molar-refractivity contribution >= 4 is 110 Å². The van der Waals surface area contributed by atoms with E-state index in [4.69, 9.17) is 0 Å². The SMILES string of the molecule is O=[N+]([O-])c1cc(S(=O)(=O)[O-])c2cccc(S(=O)(=O)[O-])c2c1.O=[N+]([O-])c1cc(S(=O)(=O)[O-])c2cccc(S(=O)(=O)[O-])c2c1.O=[N+]([O-])c1cc(S(=O)(=O)[O-])c2cccc(S(=O)(=O)[O-])c2c1.[Fe+3].[Fe+3]. The van der Waals surface area contributed by atoms with Crippen molar-refractivity contribution in [3.05, 3.63) is 121 Å². The summed E-state index contributed by atoms with van der Waals surface area (Å²) in [6, 6.07) is 12.8. The van der Waals surface area contributed by atoms with Crippen LogP contribution < -0.4 is 0 Å². The molecule has 6 aromatic carbocycles. The second-order valence-corrected chi connectivity index (χ2v) is 20.0. The van der Waals surface area contributed by atoms with E-state index < -0.39 is 138 Å². The van der Waals surface area contributed by atoms with Crippen LogP contribution in [0.4, 0.5) is 17.1 Å². The van der Waals surface area contributed by atoms with E-state index >= 15 is 0 Å². The maximum absolute atomic E-state index is 11.2. The van der Waals surface area contributed by atoms with Crippen molar-refractivity contribution in [3.63, 3.8) is 0 Å². The van der Waals surface area contributed by atoms with Gasteiger partial charge < -0.3 is 27.3 Å². The van der Waals surface area contributed by atoms with Crippen molar-refractivity contribution in [3.8, 4) is 0 Å². The Hall–Kier alpha value is -5.20. The summed E-state index contributed by atoms with van der Waals surface area (Å²) < 4.78 is 201. The van der Waals surface area contributed by atoms with Gasteiger partial charge in [0.1, 0.15) is 60.7 Å². The van der Waals surface area contributed by atoms with Crippen molar-refractivity contribution < 1.29 is 127 Å². The summed E-state index contributed by atoms with van der Waals surface area (Å²) in [5, 5.41) is 29.7. The van der Waals surface area contributed by atoms with Crippen LogP contribution in [0.15, 0.2) is 120 Å². The summed E-state index contributed by atoms with van der Waals surface area (Å²) in [6.07, 6.45) is 0. The molecule has 0 aliphatic rings. The van der Waals surface area contributed by atoms with Crippen LogP contribution in [0.1, 0.15) is 0 Å². The van der Waals surface area contributed by atoms with Crippen molar-refractivity contribution in [2.75, 3.05) is 0 Å². The number of benzene rings is 6. The quantitative estimate of drug-likeness (QED) is 0.0859. The Bertz CT molecular complexity index is 3280. The van der Waals surface area contributed by atoms with E-state index in [0.717, 1.165) is 72.8 Å². The molecule has 0 N–H and O–H groups in total. The largest absolute Gasteiger partial charge is 3.00 e. The number of nitro groups is 3. The summed E-state index contributed by atoms with van der Waals surface area (Å²) in [4.78, 5) is 23.9. The molecular weight excluding hydrogens is 1090 g/mol. The summed E-state index contributed by atoms with van der Waals surface area (Å²) in [7, 11) is -30.3. The third kappa shape index (κ3) is 13.0. The van der Waals surface area contributed by atoms with Crippen LogP contribution in [0, 0.1) is 30.3 Å². The van der Waals surface area contributed by atoms with Crippen molar-refractivity contribution in [1.82, 2.24) is 0 Å². The zero-order valence-corrected chi connectivity index (χ0v) is 37.6. The van der Waals surface area contributed by atoms with E-state index in [0.29, 0.717) is 18.2 Å². The molecule has 0 heterocycles. The molecule has 0 aliphatic carbocycles. The molecule has 0 saturated heterocycles. The first-order valence-electron chi connectivity index (χ1n) is 15.4. The average molecular weight is 1110 g/mol. The van der Waals surface area contributed by atoms with Crippen molar-refractivity contribution in [2.45, 2.75) is 29.4 Å². The Morgan fingerprint density at radius 3 is 0.631 bits per heavy atom. The third-order valence-corrected chi connectivity index (χ3v) is 13.3. The van der Waals surface area contributed by atoms with E-state index in [1.54, 1.807) is 0 Å². The standard InChI is InChI=1S/3C10H7NO8S2.2Fe/c3*12-11(13)6-4-8-7(10(5-6)21(17,18)19)2-1-3-9(8)20(14,15)16;;/h3*1-5H,(H,14,15,16)(H,17,18,19);;/q;;;2*+3/p-6. The maximum Gasteiger partial charge on any atom is 3.00 e. The summed E-state index contributed by atoms with van der Waals surface area (Å²) in [5.74, 6) is 0. The molecule has 0 aliphatic heterocycles. The molecule has 35 heteroatoms. The molecule has 346 valence electrons. The fourth-order valence-corrected chi connectivity index (χ4v) is 9.71. The van der Waals surface area contributed by atoms with Crippen LogP contribution in [-0.2, 0) is 94.8 Å². The van der Waals surface area contributed by atoms with E-state index in [-0.39, 0.29) is 50.3 Å². The average Bonchev–Trinajstić information content (AvgIpc) is 3.13. The molecule has 0 bridgehead atoms. The predicted octanol–water partition coefficient (Wildman–Crippen LogP) is 1.66. The van der Waals surface area contributed by atoms with Gasteiger partial charge in [-0.1, -0.05) is 36.4 Å². The van der Waals surface area contributed by atoms with Crippen LogP contribution in [0.3, 0.4) is 0 Å². The van der Waals surface area contributed by atoms with Crippen LogP contribution in [0.25, 0.3) is 32.3 Å². The number of hydrogen-bond acceptors (Lipinski definition) is 24. The molecule has 6 rings (SSSR count). The first kappa shape index (κ1) is 55.9. The van der Waals surface area contributed by atoms with E-state index in [2.05, 4.69) is 0 Å². The van der Waals surface area contributed by atoms with Gasteiger partial charge in [0.2, 0.25) is 0 Å². The molecule has 0 amide bonds. The summed E-state index contributed by atoms with van der Waals surface area (Å²) in [5.41, 5.74) is -2.44. The van der Waals surface area contributed by atoms with Gasteiger partial charge in [0.05, 0.1) is 44.1 Å². The van der Waals surface area contributed by atoms with Gasteiger partial charge >= 0.3 is 34.1 Å². The molecule has 0 aromatic heterocycles. The molecule has 0 unspecified atom stereocenters. The Morgan fingerprint density at radius 2 is 0.477 bits per heavy atom. The zero-order valence-electron chi connectivity index (χ0n) is 30.5. The number of hydrogen-bond donors (Lipinski definition) is 0. The minimum atomic E-state index is -5.10. The molecule has 0 fully saturated rings. The van der Waals surface area contributed by atoms with E-state index in [9.17, 15) is 108 Å². The molecule has 27 nitrogen and oxygen atoms in total. The molecular formula is C30H15Fe2N3O24S6. The van der Waals surface area contributed by atoms with Crippen LogP contribution in [0.2, 0.25) is 0 Å². The van der Waals surface area contributed by atoms with Gasteiger partial charge in [0.25, 0.3) is 17.1 Å². The fraction of sp³-hybridized carbons (Fsp3) is 0. The second-order valence-electron chi connectivity index (χ2n) is 11.9. The number of fused-ring (bicyclic) bond motifs is 3. The first-order valence-corrected chi connectivity index (χ1v) is 23.9. The maximum atomic E-state index is 11.2. The fourth-order valence-electron chi connectivity index (χ4n) is 5.52.